The highest BCUT2D eigenvalue weighted by molar-refractivity contribution is 5.99. The smallest absolute Gasteiger partial charge is 0.325 e. The minimum atomic E-state index is -1.02. The normalized spacial score (nSPS) is 18.5. The maximum Gasteiger partial charge on any atom is 0.325 e. The van der Waals surface area contributed by atoms with Gasteiger partial charge >= 0.3 is 6.03 Å². The first-order chi connectivity index (χ1) is 20.8. The summed E-state index contributed by atoms with van der Waals surface area (Å²) in [5.74, 6) is 0.934. The van der Waals surface area contributed by atoms with Crippen LogP contribution in [-0.2, 0) is 13.0 Å². The zero-order valence-corrected chi connectivity index (χ0v) is 24.1. The number of ether oxygens (including phenoxy) is 2. The van der Waals surface area contributed by atoms with Crippen LogP contribution < -0.4 is 25.0 Å². The Hall–Kier alpha value is -5.29. The molecule has 6 rings (SSSR count). The summed E-state index contributed by atoms with van der Waals surface area (Å²) in [6.07, 6.45) is 1.24. The van der Waals surface area contributed by atoms with Crippen molar-refractivity contribution in [2.45, 2.75) is 45.1 Å². The van der Waals surface area contributed by atoms with Gasteiger partial charge in [0.1, 0.15) is 6.61 Å². The Kier molecular flexibility index (Phi) is 7.47. The third-order valence-corrected chi connectivity index (χ3v) is 7.93. The molecule has 3 amide bonds. The highest BCUT2D eigenvalue weighted by Crippen LogP contribution is 2.49. The summed E-state index contributed by atoms with van der Waals surface area (Å²) in [5.41, 5.74) is 4.71. The van der Waals surface area contributed by atoms with Crippen molar-refractivity contribution in [1.82, 2.24) is 10.6 Å². The molecule has 0 radical (unpaired) electrons. The van der Waals surface area contributed by atoms with E-state index in [0.717, 1.165) is 23.1 Å². The van der Waals surface area contributed by atoms with Gasteiger partial charge in [0.05, 0.1) is 23.4 Å². The lowest BCUT2D eigenvalue weighted by atomic mass is 9.89. The topological polar surface area (TPSA) is 104 Å². The molecule has 2 atom stereocenters. The largest absolute Gasteiger partial charge is 0.485 e. The van der Waals surface area contributed by atoms with Gasteiger partial charge in [0.2, 0.25) is 0 Å². The lowest BCUT2D eigenvalue weighted by Gasteiger charge is -2.50. The Morgan fingerprint density at radius 2 is 1.81 bits per heavy atom. The number of rotatable bonds is 8. The van der Waals surface area contributed by atoms with Crippen molar-refractivity contribution in [3.8, 4) is 17.6 Å². The molecule has 0 aromatic heterocycles. The summed E-state index contributed by atoms with van der Waals surface area (Å²) in [6, 6.07) is 29.8. The van der Waals surface area contributed by atoms with Crippen LogP contribution >= 0.6 is 0 Å². The Labute approximate surface area is 250 Å². The SMILES string of the molecule is Cc1ccc(CCNC(=O)c2cccc(N3C(=O)NC4CC3(C)Oc3c(OCc5ccc(C#N)cc5)cccc34)c2)cc1. The van der Waals surface area contributed by atoms with Gasteiger partial charge in [-0.25, -0.2) is 4.79 Å². The number of benzene rings is 4. The zero-order valence-electron chi connectivity index (χ0n) is 24.1. The van der Waals surface area contributed by atoms with Crippen LogP contribution in [0.4, 0.5) is 10.5 Å². The minimum absolute atomic E-state index is 0.206. The summed E-state index contributed by atoms with van der Waals surface area (Å²) in [6.45, 7) is 4.73. The van der Waals surface area contributed by atoms with Gasteiger partial charge in [-0.3, -0.25) is 9.69 Å². The van der Waals surface area contributed by atoms with E-state index < -0.39 is 5.72 Å². The van der Waals surface area contributed by atoms with Crippen molar-refractivity contribution < 1.29 is 19.1 Å². The molecule has 4 aromatic carbocycles. The van der Waals surface area contributed by atoms with Crippen LogP contribution in [0.25, 0.3) is 0 Å². The van der Waals surface area contributed by atoms with E-state index in [0.29, 0.717) is 47.9 Å². The maximum atomic E-state index is 13.5. The highest BCUT2D eigenvalue weighted by atomic mass is 16.5. The Bertz CT molecular complexity index is 1710. The Morgan fingerprint density at radius 1 is 1.07 bits per heavy atom. The van der Waals surface area contributed by atoms with Crippen molar-refractivity contribution in [2.75, 3.05) is 11.4 Å². The lowest BCUT2D eigenvalue weighted by molar-refractivity contribution is 0.0338. The van der Waals surface area contributed by atoms with Crippen LogP contribution in [0.1, 0.15) is 57.6 Å². The minimum Gasteiger partial charge on any atom is -0.485 e. The van der Waals surface area contributed by atoms with Gasteiger partial charge in [-0.1, -0.05) is 60.2 Å². The fraction of sp³-hybridized carbons (Fsp3) is 0.229. The standard InChI is InChI=1S/C35H32N4O4/c1-23-9-11-24(12-10-23)17-18-37-33(40)27-5-3-6-28(19-27)39-34(41)38-30-20-35(39,2)43-32-29(30)7-4-8-31(32)42-22-26-15-13-25(21-36)14-16-26/h3-16,19,30H,17-18,20,22H2,1-2H3,(H,37,40)(H,38,41). The van der Waals surface area contributed by atoms with E-state index in [1.54, 1.807) is 41.3 Å². The average Bonchev–Trinajstić information content (AvgIpc) is 3.01. The van der Waals surface area contributed by atoms with E-state index in [-0.39, 0.29) is 18.0 Å². The number of fused-ring (bicyclic) bond motifs is 4. The summed E-state index contributed by atoms with van der Waals surface area (Å²) in [4.78, 5) is 28.1. The van der Waals surface area contributed by atoms with E-state index in [9.17, 15) is 9.59 Å². The zero-order chi connectivity index (χ0) is 30.0. The molecular formula is C35H32N4O4. The number of carbonyl (C=O) groups is 2. The molecule has 1 saturated heterocycles. The molecule has 0 spiro atoms. The van der Waals surface area contributed by atoms with Crippen molar-refractivity contribution in [2.24, 2.45) is 0 Å². The summed E-state index contributed by atoms with van der Waals surface area (Å²) in [5, 5.41) is 15.2. The quantitative estimate of drug-likeness (QED) is 0.262. The first-order valence-corrected chi connectivity index (χ1v) is 14.3. The van der Waals surface area contributed by atoms with E-state index in [4.69, 9.17) is 14.7 Å². The van der Waals surface area contributed by atoms with Crippen molar-refractivity contribution in [1.29, 1.82) is 5.26 Å². The molecule has 2 unspecified atom stereocenters. The molecule has 4 aromatic rings. The van der Waals surface area contributed by atoms with E-state index >= 15 is 0 Å². The lowest BCUT2D eigenvalue weighted by Crippen LogP contribution is -2.65. The van der Waals surface area contributed by atoms with Gasteiger partial charge in [-0.2, -0.15) is 5.26 Å². The third-order valence-electron chi connectivity index (χ3n) is 7.93. The van der Waals surface area contributed by atoms with Crippen LogP contribution in [0.3, 0.4) is 0 Å². The summed E-state index contributed by atoms with van der Waals surface area (Å²) >= 11 is 0. The van der Waals surface area contributed by atoms with Crippen LogP contribution in [0.15, 0.2) is 91.0 Å². The van der Waals surface area contributed by atoms with E-state index in [1.165, 1.54) is 5.56 Å². The number of amides is 3. The monoisotopic (exact) mass is 572 g/mol. The molecule has 2 bridgehead atoms. The Balaban J connectivity index is 1.19. The fourth-order valence-electron chi connectivity index (χ4n) is 5.66. The van der Waals surface area contributed by atoms with Crippen molar-refractivity contribution >= 4 is 17.6 Å². The molecule has 8 nitrogen and oxygen atoms in total. The second-order valence-corrected chi connectivity index (χ2v) is 11.1. The third kappa shape index (κ3) is 5.75. The first kappa shape index (κ1) is 27.9. The van der Waals surface area contributed by atoms with Crippen molar-refractivity contribution in [3.63, 3.8) is 0 Å². The van der Waals surface area contributed by atoms with Gasteiger partial charge in [-0.05, 0) is 67.8 Å². The molecule has 216 valence electrons. The van der Waals surface area contributed by atoms with Gasteiger partial charge in [0.25, 0.3) is 5.91 Å². The predicted molar refractivity (Wildman–Crippen MR) is 163 cm³/mol. The number of nitrogens with one attached hydrogen (secondary N) is 2. The number of carbonyl (C=O) groups excluding carboxylic acids is 2. The average molecular weight is 573 g/mol. The molecule has 2 aliphatic rings. The highest BCUT2D eigenvalue weighted by Gasteiger charge is 2.50. The van der Waals surface area contributed by atoms with Crippen LogP contribution in [0.2, 0.25) is 0 Å². The number of nitrogens with zero attached hydrogens (tertiary/aromatic N) is 2. The molecular weight excluding hydrogens is 540 g/mol. The van der Waals surface area contributed by atoms with Gasteiger partial charge < -0.3 is 20.1 Å². The number of hydrogen-bond donors (Lipinski definition) is 2. The van der Waals surface area contributed by atoms with Gasteiger partial charge in [-0.15, -0.1) is 0 Å². The maximum absolute atomic E-state index is 13.5. The van der Waals surface area contributed by atoms with E-state index in [1.807, 2.05) is 44.2 Å². The van der Waals surface area contributed by atoms with Gasteiger partial charge in [0.15, 0.2) is 17.2 Å². The number of hydrogen-bond acceptors (Lipinski definition) is 5. The number of para-hydroxylation sites is 1. The Morgan fingerprint density at radius 3 is 2.58 bits per heavy atom. The number of anilines is 1. The van der Waals surface area contributed by atoms with Crippen LogP contribution in [0, 0.1) is 18.3 Å². The molecule has 2 N–H and O–H groups in total. The number of aryl methyl sites for hydroxylation is 1. The molecule has 1 fully saturated rings. The molecule has 0 aliphatic carbocycles. The number of nitriles is 1. The molecule has 2 aliphatic heterocycles. The van der Waals surface area contributed by atoms with Crippen molar-refractivity contribution in [3.05, 3.63) is 124 Å². The summed E-state index contributed by atoms with van der Waals surface area (Å²) in [7, 11) is 0. The van der Waals surface area contributed by atoms with E-state index in [2.05, 4.69) is 41.0 Å². The molecule has 0 saturated carbocycles. The summed E-state index contributed by atoms with van der Waals surface area (Å²) < 4.78 is 12.8. The fourth-order valence-corrected chi connectivity index (χ4v) is 5.66. The number of urea groups is 1. The van der Waals surface area contributed by atoms with Crippen LogP contribution in [-0.4, -0.2) is 24.2 Å². The van der Waals surface area contributed by atoms with Crippen LogP contribution in [0.5, 0.6) is 11.5 Å². The molecule has 43 heavy (non-hydrogen) atoms. The predicted octanol–water partition coefficient (Wildman–Crippen LogP) is 6.19. The first-order valence-electron chi connectivity index (χ1n) is 14.3. The second-order valence-electron chi connectivity index (χ2n) is 11.1. The van der Waals surface area contributed by atoms with Gasteiger partial charge in [0, 0.05) is 24.1 Å². The second kappa shape index (κ2) is 11.5. The molecule has 2 heterocycles. The molecule has 8 heteroatoms.